The van der Waals surface area contributed by atoms with E-state index in [0.717, 1.165) is 58.0 Å². The average Bonchev–Trinajstić information content (AvgIpc) is 4.17. The molecule has 5 aromatic carbocycles. The molecular weight excluding hydrogens is 1040 g/mol. The van der Waals surface area contributed by atoms with E-state index in [9.17, 15) is 4.79 Å². The molecule has 7 atom stereocenters. The summed E-state index contributed by atoms with van der Waals surface area (Å²) >= 11 is 0. The molecule has 0 saturated carbocycles. The molecule has 82 heavy (non-hydrogen) atoms. The largest absolute Gasteiger partial charge is 0.489 e. The smallest absolute Gasteiger partial charge is 0.407 e. The number of fused-ring (bicyclic) bond motifs is 2. The van der Waals surface area contributed by atoms with E-state index in [4.69, 9.17) is 9.47 Å². The number of para-hydroxylation sites is 1. The van der Waals surface area contributed by atoms with Gasteiger partial charge in [-0.15, -0.1) is 0 Å². The Balaban J connectivity index is 1.20. The summed E-state index contributed by atoms with van der Waals surface area (Å²) < 4.78 is 12.0. The molecule has 2 aliphatic rings. The van der Waals surface area contributed by atoms with Crippen molar-refractivity contribution in [3.05, 3.63) is 172 Å². The molecule has 3 heterocycles. The van der Waals surface area contributed by atoms with E-state index in [-0.39, 0.29) is 45.2 Å². The monoisotopic (exact) mass is 1110 g/mol. The number of unbranched alkanes of at least 4 members (excludes halogenated alkanes) is 3. The summed E-state index contributed by atoms with van der Waals surface area (Å²) in [4.78, 5) is 109. The minimum absolute atomic E-state index is 0.00565. The van der Waals surface area contributed by atoms with E-state index in [1.807, 2.05) is 118 Å². The van der Waals surface area contributed by atoms with Crippen LogP contribution in [0.15, 0.2) is 128 Å². The van der Waals surface area contributed by atoms with E-state index in [0.29, 0.717) is 42.0 Å². The maximum Gasteiger partial charge on any atom is 0.407 e. The second kappa shape index (κ2) is 28.9. The summed E-state index contributed by atoms with van der Waals surface area (Å²) in [6, 6.07) is 31.4. The number of benzene rings is 5. The highest BCUT2D eigenvalue weighted by Crippen LogP contribution is 2.30. The van der Waals surface area contributed by atoms with Gasteiger partial charge in [-0.25, -0.2) is 4.79 Å². The number of alkyl carbamates (subject to hydrolysis) is 1. The van der Waals surface area contributed by atoms with Crippen LogP contribution in [0.4, 0.5) is 4.79 Å². The van der Waals surface area contributed by atoms with Crippen molar-refractivity contribution in [2.45, 2.75) is 141 Å². The highest BCUT2D eigenvalue weighted by Gasteiger charge is 2.45. The van der Waals surface area contributed by atoms with E-state index in [1.165, 1.54) is 4.90 Å². The maximum absolute atomic E-state index is 15.5. The van der Waals surface area contributed by atoms with Gasteiger partial charge >= 0.3 is 6.09 Å². The first-order valence-corrected chi connectivity index (χ1v) is 28.7. The summed E-state index contributed by atoms with van der Waals surface area (Å²) in [5.74, 6) is -4.23. The van der Waals surface area contributed by atoms with Gasteiger partial charge in [0.15, 0.2) is 5.78 Å². The molecule has 0 aliphatic carbocycles. The third-order valence-electron chi connectivity index (χ3n) is 15.4. The molecule has 6 amide bonds. The lowest BCUT2D eigenvalue weighted by Crippen LogP contribution is -2.60. The van der Waals surface area contributed by atoms with Crippen LogP contribution in [0.1, 0.15) is 102 Å². The average molecular weight is 1120 g/mol. The molecule has 2 saturated heterocycles. The topological polar surface area (TPSA) is 229 Å². The Kier molecular flexibility index (Phi) is 21.1. The van der Waals surface area contributed by atoms with Crippen molar-refractivity contribution in [2.24, 2.45) is 0 Å². The highest BCUT2D eigenvalue weighted by molar-refractivity contribution is 6.00. The SMILES string of the molecule is CCCCCCC1NC(=O)C(Cc2c[nH]c3ccccc23)NC(=O)C(c2ccc(C)cc2)CC(=O)C2CC(OC(=O)NCCNC)CN2C(=O)C(Cc2ccc(C)cc2)NC(=O)C(Cc2ccc(OCc3ccc(C)cc3)cc2)NC1=O. The van der Waals surface area contributed by atoms with Gasteiger partial charge in [0.05, 0.1) is 18.5 Å². The van der Waals surface area contributed by atoms with Crippen molar-refractivity contribution in [2.75, 3.05) is 26.7 Å². The fourth-order valence-electron chi connectivity index (χ4n) is 10.7. The molecule has 2 fully saturated rings. The molecule has 1 aromatic heterocycles. The molecule has 7 unspecified atom stereocenters. The lowest BCUT2D eigenvalue weighted by molar-refractivity contribution is -0.142. The standard InChI is InChI=1S/C65H78N8O9/c1-6-7-8-9-14-54-61(76)71-55(33-45-25-29-49(30-26-45)81-40-46-23-17-42(3)18-24-46)62(77)72-57(34-44-21-15-41(2)16-22-44)64(79)73-39-50(82-65(80)67-32-31-66-5)36-58(73)59(74)37-52(47-27-19-43(4)20-28-47)60(75)70-56(63(78)69-54)35-48-38-68-53-13-11-10-12-51(48)53/h10-13,15-30,38,50,52,54-58,66,68H,6-9,14,31-37,39-40H2,1-5H3,(H,67,80)(H,69,78)(H,70,75)(H,71,76)(H,72,77). The van der Waals surface area contributed by atoms with Crippen molar-refractivity contribution >= 4 is 52.3 Å². The number of aromatic nitrogens is 1. The van der Waals surface area contributed by atoms with E-state index < -0.39 is 90.1 Å². The van der Waals surface area contributed by atoms with Gasteiger partial charge in [0.1, 0.15) is 42.6 Å². The van der Waals surface area contributed by atoms with Crippen molar-refractivity contribution in [1.29, 1.82) is 0 Å². The first kappa shape index (κ1) is 59.8. The number of nitrogens with one attached hydrogen (secondary N) is 7. The molecule has 0 radical (unpaired) electrons. The van der Waals surface area contributed by atoms with Crippen LogP contribution in [-0.2, 0) is 59.4 Å². The number of amides is 6. The second-order valence-corrected chi connectivity index (χ2v) is 21.9. The van der Waals surface area contributed by atoms with Crippen molar-refractivity contribution in [3.8, 4) is 5.75 Å². The van der Waals surface area contributed by atoms with Gasteiger partial charge in [0.25, 0.3) is 0 Å². The quantitative estimate of drug-likeness (QED) is 0.0401. The number of aromatic amines is 1. The molecule has 17 heteroatoms. The van der Waals surface area contributed by atoms with Crippen molar-refractivity contribution in [3.63, 3.8) is 0 Å². The van der Waals surface area contributed by atoms with Crippen LogP contribution in [-0.4, -0.2) is 114 Å². The van der Waals surface area contributed by atoms with Crippen molar-refractivity contribution < 1.29 is 43.0 Å². The van der Waals surface area contributed by atoms with Gasteiger partial charge in [-0.2, -0.15) is 0 Å². The molecule has 0 spiro atoms. The Bertz CT molecular complexity index is 3140. The number of Topliss-reactive ketones (excluding diaryl/α,β-unsaturated/α-hetero) is 1. The van der Waals surface area contributed by atoms with Crippen LogP contribution in [0, 0.1) is 20.8 Å². The van der Waals surface area contributed by atoms with Gasteiger partial charge in [-0.1, -0.05) is 152 Å². The Labute approximate surface area is 480 Å². The number of rotatable bonds is 19. The van der Waals surface area contributed by atoms with Crippen LogP contribution < -0.4 is 36.6 Å². The Morgan fingerprint density at radius 3 is 1.87 bits per heavy atom. The zero-order chi connectivity index (χ0) is 58.1. The Hall–Kier alpha value is -8.31. The summed E-state index contributed by atoms with van der Waals surface area (Å²) in [6.07, 6.45) is 2.96. The third kappa shape index (κ3) is 16.4. The summed E-state index contributed by atoms with van der Waals surface area (Å²) in [5.41, 5.74) is 7.45. The Morgan fingerprint density at radius 1 is 0.622 bits per heavy atom. The number of nitrogens with zero attached hydrogens (tertiary/aromatic N) is 1. The lowest BCUT2D eigenvalue weighted by Gasteiger charge is -2.31. The van der Waals surface area contributed by atoms with Crippen LogP contribution >= 0.6 is 0 Å². The zero-order valence-corrected chi connectivity index (χ0v) is 47.7. The molecule has 17 nitrogen and oxygen atoms in total. The first-order chi connectivity index (χ1) is 39.6. The number of ether oxygens (including phenoxy) is 2. The number of aryl methyl sites for hydroxylation is 3. The fraction of sp³-hybridized carbons (Fsp3) is 0.400. The number of hydrogen-bond acceptors (Lipinski definition) is 10. The predicted octanol–water partition coefficient (Wildman–Crippen LogP) is 7.28. The maximum atomic E-state index is 15.5. The number of carbonyl (C=O) groups excluding carboxylic acids is 7. The molecule has 0 bridgehead atoms. The fourth-order valence-corrected chi connectivity index (χ4v) is 10.7. The van der Waals surface area contributed by atoms with Gasteiger partial charge in [0, 0.05) is 62.3 Å². The van der Waals surface area contributed by atoms with Gasteiger partial charge in [-0.05, 0) is 80.3 Å². The van der Waals surface area contributed by atoms with Crippen molar-refractivity contribution in [1.82, 2.24) is 41.8 Å². The van der Waals surface area contributed by atoms with E-state index in [1.54, 1.807) is 37.5 Å². The number of ketones is 1. The third-order valence-corrected chi connectivity index (χ3v) is 15.4. The number of carbonyl (C=O) groups is 7. The molecule has 8 rings (SSSR count). The lowest BCUT2D eigenvalue weighted by atomic mass is 9.89. The summed E-state index contributed by atoms with van der Waals surface area (Å²) in [6.45, 7) is 8.80. The molecule has 2 aliphatic heterocycles. The molecule has 6 aromatic rings. The number of H-pyrrole nitrogens is 1. The van der Waals surface area contributed by atoms with Gasteiger partial charge < -0.3 is 51.3 Å². The molecular formula is C65H78N8O9. The molecule has 432 valence electrons. The minimum atomic E-state index is -1.30. The Morgan fingerprint density at radius 2 is 1.20 bits per heavy atom. The van der Waals surface area contributed by atoms with Gasteiger partial charge in [-0.3, -0.25) is 28.8 Å². The second-order valence-electron chi connectivity index (χ2n) is 21.9. The minimum Gasteiger partial charge on any atom is -0.489 e. The summed E-state index contributed by atoms with van der Waals surface area (Å²) in [7, 11) is 1.75. The number of hydrogen-bond donors (Lipinski definition) is 7. The van der Waals surface area contributed by atoms with E-state index >= 15 is 28.8 Å². The summed E-state index contributed by atoms with van der Waals surface area (Å²) in [5, 5.41) is 18.5. The first-order valence-electron chi connectivity index (χ1n) is 28.7. The van der Waals surface area contributed by atoms with Crippen LogP contribution in [0.25, 0.3) is 10.9 Å². The van der Waals surface area contributed by atoms with Crippen LogP contribution in [0.5, 0.6) is 5.75 Å². The predicted molar refractivity (Wildman–Crippen MR) is 315 cm³/mol. The zero-order valence-electron chi connectivity index (χ0n) is 47.7. The van der Waals surface area contributed by atoms with Gasteiger partial charge in [0.2, 0.25) is 29.5 Å². The highest BCUT2D eigenvalue weighted by atomic mass is 16.6. The van der Waals surface area contributed by atoms with Crippen LogP contribution in [0.2, 0.25) is 0 Å². The number of likely N-dealkylation sites (N-methyl/N-ethyl adjacent to an activating group) is 1. The van der Waals surface area contributed by atoms with Crippen LogP contribution in [0.3, 0.4) is 0 Å². The molecule has 7 N–H and O–H groups in total. The normalized spacial score (nSPS) is 21.1. The van der Waals surface area contributed by atoms with E-state index in [2.05, 4.69) is 43.8 Å².